The molecule has 6 heteroatoms. The van der Waals surface area contributed by atoms with Crippen LogP contribution in [-0.2, 0) is 0 Å². The fraction of sp³-hybridized carbons (Fsp3) is 0.364. The summed E-state index contributed by atoms with van der Waals surface area (Å²) in [5, 5.41) is 17.9. The first-order valence-corrected chi connectivity index (χ1v) is 5.78. The summed E-state index contributed by atoms with van der Waals surface area (Å²) >= 11 is 3.10. The first kappa shape index (κ1) is 11.9. The predicted octanol–water partition coefficient (Wildman–Crippen LogP) is 2.22. The molecule has 1 aliphatic rings. The zero-order valence-electron chi connectivity index (χ0n) is 8.81. The number of ether oxygens (including phenoxy) is 1. The van der Waals surface area contributed by atoms with Crippen LogP contribution < -0.4 is 4.74 Å². The number of nitriles is 1. The number of hydrogen-bond acceptors (Lipinski definition) is 4. The summed E-state index contributed by atoms with van der Waals surface area (Å²) in [6.07, 6.45) is 2.95. The highest BCUT2D eigenvalue weighted by Crippen LogP contribution is 2.45. The standard InChI is InChI=1S/C11H9BrN2O3/c12-9-3-7(10(15)16)8(4-14-9)17-6-11(5-13)1-2-11/h3-4H,1-2,6H2,(H,15,16). The molecule has 1 N–H and O–H groups in total. The van der Waals surface area contributed by atoms with Crippen LogP contribution in [0.3, 0.4) is 0 Å². The molecule has 0 radical (unpaired) electrons. The molecule has 0 aromatic carbocycles. The Morgan fingerprint density at radius 1 is 1.71 bits per heavy atom. The van der Waals surface area contributed by atoms with Gasteiger partial charge in [0.2, 0.25) is 0 Å². The van der Waals surface area contributed by atoms with Gasteiger partial charge in [0.25, 0.3) is 0 Å². The van der Waals surface area contributed by atoms with Gasteiger partial charge in [-0.25, -0.2) is 9.78 Å². The van der Waals surface area contributed by atoms with Crippen LogP contribution in [0.25, 0.3) is 0 Å². The molecule has 17 heavy (non-hydrogen) atoms. The molecular weight excluding hydrogens is 288 g/mol. The molecule has 1 aliphatic carbocycles. The first-order chi connectivity index (χ1) is 8.06. The van der Waals surface area contributed by atoms with E-state index in [1.807, 2.05) is 0 Å². The van der Waals surface area contributed by atoms with Crippen LogP contribution in [0.4, 0.5) is 0 Å². The number of carbonyl (C=O) groups is 1. The minimum Gasteiger partial charge on any atom is -0.489 e. The molecule has 1 saturated carbocycles. The van der Waals surface area contributed by atoms with Crippen molar-refractivity contribution in [2.75, 3.05) is 6.61 Å². The van der Waals surface area contributed by atoms with Gasteiger partial charge in [-0.1, -0.05) is 0 Å². The van der Waals surface area contributed by atoms with Gasteiger partial charge in [0.15, 0.2) is 5.75 Å². The summed E-state index contributed by atoms with van der Waals surface area (Å²) < 4.78 is 5.82. The van der Waals surface area contributed by atoms with Crippen LogP contribution in [0.2, 0.25) is 0 Å². The van der Waals surface area contributed by atoms with E-state index < -0.39 is 11.4 Å². The zero-order chi connectivity index (χ0) is 12.5. The molecule has 0 aliphatic heterocycles. The molecular formula is C11H9BrN2O3. The molecule has 0 saturated heterocycles. The fourth-order valence-electron chi connectivity index (χ4n) is 1.35. The van der Waals surface area contributed by atoms with Gasteiger partial charge in [-0.2, -0.15) is 5.26 Å². The maximum Gasteiger partial charge on any atom is 0.339 e. The average Bonchev–Trinajstić information content (AvgIpc) is 3.08. The van der Waals surface area contributed by atoms with Crippen molar-refractivity contribution in [2.45, 2.75) is 12.8 Å². The van der Waals surface area contributed by atoms with Gasteiger partial charge in [-0.05, 0) is 34.8 Å². The zero-order valence-corrected chi connectivity index (χ0v) is 10.4. The van der Waals surface area contributed by atoms with Crippen molar-refractivity contribution >= 4 is 21.9 Å². The quantitative estimate of drug-likeness (QED) is 0.861. The smallest absolute Gasteiger partial charge is 0.339 e. The number of hydrogen-bond donors (Lipinski definition) is 1. The largest absolute Gasteiger partial charge is 0.489 e. The third-order valence-corrected chi connectivity index (χ3v) is 3.09. The number of carboxylic acids is 1. The molecule has 1 aromatic heterocycles. The Morgan fingerprint density at radius 3 is 2.94 bits per heavy atom. The predicted molar refractivity (Wildman–Crippen MR) is 61.7 cm³/mol. The summed E-state index contributed by atoms with van der Waals surface area (Å²) in [7, 11) is 0. The molecule has 0 spiro atoms. The van der Waals surface area contributed by atoms with Crippen LogP contribution in [-0.4, -0.2) is 22.7 Å². The lowest BCUT2D eigenvalue weighted by Gasteiger charge is -2.11. The average molecular weight is 297 g/mol. The van der Waals surface area contributed by atoms with Crippen molar-refractivity contribution < 1.29 is 14.6 Å². The third-order valence-electron chi connectivity index (χ3n) is 2.66. The third kappa shape index (κ3) is 2.56. The summed E-state index contributed by atoms with van der Waals surface area (Å²) in [5.41, 5.74) is -0.385. The highest BCUT2D eigenvalue weighted by atomic mass is 79.9. The summed E-state index contributed by atoms with van der Waals surface area (Å²) in [4.78, 5) is 14.9. The fourth-order valence-corrected chi connectivity index (χ4v) is 1.69. The monoisotopic (exact) mass is 296 g/mol. The number of pyridine rings is 1. The van der Waals surface area contributed by atoms with E-state index in [1.165, 1.54) is 12.3 Å². The molecule has 0 amide bonds. The van der Waals surface area contributed by atoms with E-state index in [0.717, 1.165) is 12.8 Å². The van der Waals surface area contributed by atoms with Gasteiger partial charge >= 0.3 is 5.97 Å². The van der Waals surface area contributed by atoms with Crippen LogP contribution in [0.5, 0.6) is 5.75 Å². The molecule has 88 valence electrons. The van der Waals surface area contributed by atoms with Crippen molar-refractivity contribution in [1.82, 2.24) is 4.98 Å². The van der Waals surface area contributed by atoms with Gasteiger partial charge in [0.05, 0.1) is 17.7 Å². The first-order valence-electron chi connectivity index (χ1n) is 4.99. The summed E-state index contributed by atoms with van der Waals surface area (Å²) in [6, 6.07) is 3.56. The van der Waals surface area contributed by atoms with E-state index in [-0.39, 0.29) is 17.9 Å². The molecule has 2 rings (SSSR count). The highest BCUT2D eigenvalue weighted by molar-refractivity contribution is 9.10. The van der Waals surface area contributed by atoms with E-state index in [9.17, 15) is 4.79 Å². The Balaban J connectivity index is 2.16. The van der Waals surface area contributed by atoms with Crippen molar-refractivity contribution in [3.8, 4) is 11.8 Å². The molecule has 1 heterocycles. The highest BCUT2D eigenvalue weighted by Gasteiger charge is 2.44. The molecule has 1 fully saturated rings. The van der Waals surface area contributed by atoms with E-state index in [2.05, 4.69) is 27.0 Å². The van der Waals surface area contributed by atoms with Crippen molar-refractivity contribution in [1.29, 1.82) is 5.26 Å². The number of halogens is 1. The summed E-state index contributed by atoms with van der Waals surface area (Å²) in [6.45, 7) is 0.215. The second kappa shape index (κ2) is 4.34. The lowest BCUT2D eigenvalue weighted by molar-refractivity contribution is 0.0691. The van der Waals surface area contributed by atoms with Gasteiger partial charge in [0.1, 0.15) is 16.8 Å². The van der Waals surface area contributed by atoms with E-state index >= 15 is 0 Å². The van der Waals surface area contributed by atoms with Crippen molar-refractivity contribution in [3.05, 3.63) is 22.4 Å². The normalized spacial score (nSPS) is 16.0. The lowest BCUT2D eigenvalue weighted by atomic mass is 10.1. The number of nitrogens with zero attached hydrogens (tertiary/aromatic N) is 2. The molecule has 1 aromatic rings. The summed E-state index contributed by atoms with van der Waals surface area (Å²) in [5.74, 6) is -0.882. The van der Waals surface area contributed by atoms with E-state index in [4.69, 9.17) is 15.1 Å². The maximum atomic E-state index is 11.0. The molecule has 0 atom stereocenters. The number of aromatic carboxylic acids is 1. The van der Waals surface area contributed by atoms with E-state index in [1.54, 1.807) is 0 Å². The number of carboxylic acid groups (broad SMARTS) is 1. The van der Waals surface area contributed by atoms with Crippen LogP contribution in [0.15, 0.2) is 16.9 Å². The van der Waals surface area contributed by atoms with Crippen LogP contribution in [0.1, 0.15) is 23.2 Å². The molecule has 0 unspecified atom stereocenters. The number of rotatable bonds is 4. The topological polar surface area (TPSA) is 83.2 Å². The Morgan fingerprint density at radius 2 is 2.41 bits per heavy atom. The lowest BCUT2D eigenvalue weighted by Crippen LogP contribution is -2.13. The Labute approximate surface area is 106 Å². The molecule has 5 nitrogen and oxygen atoms in total. The van der Waals surface area contributed by atoms with E-state index in [0.29, 0.717) is 4.60 Å². The Hall–Kier alpha value is -1.61. The van der Waals surface area contributed by atoms with Crippen molar-refractivity contribution in [3.63, 3.8) is 0 Å². The van der Waals surface area contributed by atoms with Gasteiger partial charge in [-0.15, -0.1) is 0 Å². The van der Waals surface area contributed by atoms with Crippen molar-refractivity contribution in [2.24, 2.45) is 5.41 Å². The maximum absolute atomic E-state index is 11.0. The SMILES string of the molecule is N#CC1(COc2cnc(Br)cc2C(=O)O)CC1. The van der Waals surface area contributed by atoms with Crippen LogP contribution >= 0.6 is 15.9 Å². The minimum atomic E-state index is -1.08. The van der Waals surface area contributed by atoms with Gasteiger partial charge in [0, 0.05) is 0 Å². The van der Waals surface area contributed by atoms with Gasteiger partial charge in [-0.3, -0.25) is 0 Å². The minimum absolute atomic E-state index is 0.0422. The van der Waals surface area contributed by atoms with Crippen LogP contribution in [0, 0.1) is 16.7 Å². The Kier molecular flexibility index (Phi) is 3.03. The second-order valence-corrected chi connectivity index (χ2v) is 4.80. The molecule has 0 bridgehead atoms. The Bertz CT molecular complexity index is 506. The second-order valence-electron chi connectivity index (χ2n) is 3.99. The number of aromatic nitrogens is 1. The van der Waals surface area contributed by atoms with Gasteiger partial charge < -0.3 is 9.84 Å².